The molecule has 3 fully saturated rings. The first-order valence-electron chi connectivity index (χ1n) is 9.06. The number of hydrogen-bond donors (Lipinski definition) is 0. The van der Waals surface area contributed by atoms with Crippen molar-refractivity contribution in [3.63, 3.8) is 0 Å². The summed E-state index contributed by atoms with van der Waals surface area (Å²) in [6, 6.07) is 0.559. The fourth-order valence-corrected chi connectivity index (χ4v) is 6.10. The van der Waals surface area contributed by atoms with Gasteiger partial charge in [0.15, 0.2) is 0 Å². The Hall–Kier alpha value is -0.750. The maximum absolute atomic E-state index is 12.7. The summed E-state index contributed by atoms with van der Waals surface area (Å²) in [4.78, 5) is 19.7. The van der Waals surface area contributed by atoms with Gasteiger partial charge in [0.1, 0.15) is 5.60 Å². The number of thioether (sulfide) groups is 1. The van der Waals surface area contributed by atoms with Gasteiger partial charge in [-0.2, -0.15) is 0 Å². The first-order valence-corrected chi connectivity index (χ1v) is 10.7. The van der Waals surface area contributed by atoms with E-state index < -0.39 is 5.60 Å². The van der Waals surface area contributed by atoms with Gasteiger partial charge in [-0.15, -0.1) is 11.8 Å². The third kappa shape index (κ3) is 3.32. The lowest BCUT2D eigenvalue weighted by atomic mass is 9.68. The van der Waals surface area contributed by atoms with Crippen LogP contribution in [0.5, 0.6) is 0 Å². The number of piperidine rings is 2. The standard InChI is InChI=1S/C19H25BrN2O2S/c1-18(2,3)24-17(23)22-11-19(8-6-13(22)7-9-19)16-21-14-10-12(20)4-5-15(14)25-16/h4-5,10,13-15H,6-9,11H2,1-3H3. The molecule has 0 N–H and O–H groups in total. The fourth-order valence-electron chi connectivity index (χ4n) is 4.29. The highest BCUT2D eigenvalue weighted by molar-refractivity contribution is 9.11. The molecule has 2 saturated heterocycles. The number of fused-ring (bicyclic) bond motifs is 4. The summed E-state index contributed by atoms with van der Waals surface area (Å²) in [7, 11) is 0. The van der Waals surface area contributed by atoms with E-state index in [0.717, 1.165) is 36.7 Å². The van der Waals surface area contributed by atoms with E-state index in [2.05, 4.69) is 34.2 Å². The van der Waals surface area contributed by atoms with Crippen molar-refractivity contribution >= 4 is 38.8 Å². The number of ether oxygens (including phenoxy) is 1. The zero-order valence-corrected chi connectivity index (χ0v) is 17.4. The predicted molar refractivity (Wildman–Crippen MR) is 106 cm³/mol. The minimum atomic E-state index is -0.447. The Kier molecular flexibility index (Phi) is 4.35. The molecule has 0 aromatic carbocycles. The van der Waals surface area contributed by atoms with E-state index in [1.807, 2.05) is 37.4 Å². The number of amides is 1. The average Bonchev–Trinajstić information content (AvgIpc) is 2.98. The number of carbonyl (C=O) groups excluding carboxylic acids is 1. The first-order chi connectivity index (χ1) is 11.8. The number of nitrogens with zero attached hydrogens (tertiary/aromatic N) is 2. The number of allylic oxidation sites excluding steroid dienone is 2. The molecule has 2 atom stereocenters. The molecule has 3 heterocycles. The van der Waals surface area contributed by atoms with Crippen LogP contribution in [0, 0.1) is 5.41 Å². The van der Waals surface area contributed by atoms with Gasteiger partial charge in [-0.25, -0.2) is 4.79 Å². The summed E-state index contributed by atoms with van der Waals surface area (Å²) < 4.78 is 6.77. The Balaban J connectivity index is 1.55. The van der Waals surface area contributed by atoms with Crippen LogP contribution in [0.2, 0.25) is 0 Å². The first kappa shape index (κ1) is 17.7. The van der Waals surface area contributed by atoms with Crippen LogP contribution in [-0.4, -0.2) is 45.5 Å². The molecule has 25 heavy (non-hydrogen) atoms. The molecule has 0 radical (unpaired) electrons. The average molecular weight is 425 g/mol. The Bertz CT molecular complexity index is 671. The van der Waals surface area contributed by atoms with E-state index in [0.29, 0.717) is 11.3 Å². The summed E-state index contributed by atoms with van der Waals surface area (Å²) in [6.45, 7) is 6.55. The second-order valence-electron chi connectivity index (χ2n) is 8.54. The van der Waals surface area contributed by atoms with Crippen molar-refractivity contribution in [1.82, 2.24) is 4.90 Å². The van der Waals surface area contributed by atoms with Crippen LogP contribution in [0.25, 0.3) is 0 Å². The number of hydrogen-bond acceptors (Lipinski definition) is 4. The Morgan fingerprint density at radius 2 is 2.12 bits per heavy atom. The van der Waals surface area contributed by atoms with Crippen molar-refractivity contribution in [2.24, 2.45) is 10.4 Å². The third-order valence-corrected chi connectivity index (χ3v) is 7.53. The molecule has 0 aromatic rings. The number of rotatable bonds is 1. The molecular formula is C19H25BrN2O2S. The molecule has 0 aromatic heterocycles. The van der Waals surface area contributed by atoms with Gasteiger partial charge in [0.2, 0.25) is 0 Å². The van der Waals surface area contributed by atoms with Crippen molar-refractivity contribution in [1.29, 1.82) is 0 Å². The van der Waals surface area contributed by atoms with Gasteiger partial charge >= 0.3 is 6.09 Å². The van der Waals surface area contributed by atoms with Crippen LogP contribution in [0.3, 0.4) is 0 Å². The van der Waals surface area contributed by atoms with Gasteiger partial charge in [-0.3, -0.25) is 4.99 Å². The van der Waals surface area contributed by atoms with Crippen LogP contribution >= 0.6 is 27.7 Å². The zero-order valence-electron chi connectivity index (χ0n) is 15.0. The molecular weight excluding hydrogens is 400 g/mol. The highest BCUT2D eigenvalue weighted by Crippen LogP contribution is 2.51. The summed E-state index contributed by atoms with van der Waals surface area (Å²) in [5.74, 6) is 0. The quantitative estimate of drug-likeness (QED) is 0.600. The fraction of sp³-hybridized carbons (Fsp3) is 0.684. The lowest BCUT2D eigenvalue weighted by Crippen LogP contribution is -2.59. The molecule has 1 amide bonds. The molecule has 1 saturated carbocycles. The molecule has 2 bridgehead atoms. The van der Waals surface area contributed by atoms with Gasteiger partial charge in [-0.1, -0.05) is 28.1 Å². The van der Waals surface area contributed by atoms with Crippen molar-refractivity contribution in [3.8, 4) is 0 Å². The molecule has 2 aliphatic carbocycles. The van der Waals surface area contributed by atoms with E-state index in [1.54, 1.807) is 0 Å². The lowest BCUT2D eigenvalue weighted by Gasteiger charge is -2.52. The molecule has 6 heteroatoms. The highest BCUT2D eigenvalue weighted by atomic mass is 79.9. The molecule has 4 nitrogen and oxygen atoms in total. The SMILES string of the molecule is CC(C)(C)OC(=O)N1CC2(C3=NC4C=C(Br)C=CC4S3)CCC1CC2. The Labute approximate surface area is 162 Å². The largest absolute Gasteiger partial charge is 0.444 e. The number of carbonyl (C=O) groups is 1. The van der Waals surface area contributed by atoms with Gasteiger partial charge < -0.3 is 9.64 Å². The summed E-state index contributed by atoms with van der Waals surface area (Å²) in [5.41, 5.74) is -0.417. The summed E-state index contributed by atoms with van der Waals surface area (Å²) >= 11 is 5.46. The minimum Gasteiger partial charge on any atom is -0.444 e. The van der Waals surface area contributed by atoms with Gasteiger partial charge in [0.25, 0.3) is 0 Å². The maximum atomic E-state index is 12.7. The number of halogens is 1. The highest BCUT2D eigenvalue weighted by Gasteiger charge is 2.52. The van der Waals surface area contributed by atoms with Gasteiger partial charge in [0.05, 0.1) is 16.3 Å². The van der Waals surface area contributed by atoms with Crippen molar-refractivity contribution in [3.05, 3.63) is 22.7 Å². The monoisotopic (exact) mass is 424 g/mol. The van der Waals surface area contributed by atoms with Crippen LogP contribution in [-0.2, 0) is 4.74 Å². The molecule has 5 aliphatic rings. The molecule has 136 valence electrons. The smallest absolute Gasteiger partial charge is 0.410 e. The van der Waals surface area contributed by atoms with Crippen LogP contribution < -0.4 is 0 Å². The van der Waals surface area contributed by atoms with E-state index in [-0.39, 0.29) is 17.6 Å². The second-order valence-corrected chi connectivity index (χ2v) is 10.6. The van der Waals surface area contributed by atoms with Crippen molar-refractivity contribution in [2.45, 2.75) is 69.4 Å². The Morgan fingerprint density at radius 3 is 2.80 bits per heavy atom. The van der Waals surface area contributed by atoms with E-state index in [1.165, 1.54) is 5.04 Å². The van der Waals surface area contributed by atoms with Gasteiger partial charge in [0, 0.05) is 22.5 Å². The van der Waals surface area contributed by atoms with E-state index >= 15 is 0 Å². The maximum Gasteiger partial charge on any atom is 0.410 e. The second kappa shape index (κ2) is 6.15. The van der Waals surface area contributed by atoms with Crippen LogP contribution in [0.1, 0.15) is 46.5 Å². The van der Waals surface area contributed by atoms with Crippen molar-refractivity contribution in [2.75, 3.05) is 6.54 Å². The van der Waals surface area contributed by atoms with E-state index in [9.17, 15) is 4.79 Å². The summed E-state index contributed by atoms with van der Waals surface area (Å²) in [6.07, 6.45) is 10.8. The molecule has 0 spiro atoms. The van der Waals surface area contributed by atoms with Crippen LogP contribution in [0.4, 0.5) is 4.79 Å². The van der Waals surface area contributed by atoms with Crippen molar-refractivity contribution < 1.29 is 9.53 Å². The van der Waals surface area contributed by atoms with Crippen LogP contribution in [0.15, 0.2) is 27.7 Å². The molecule has 3 aliphatic heterocycles. The zero-order chi connectivity index (χ0) is 17.8. The lowest BCUT2D eigenvalue weighted by molar-refractivity contribution is -0.0229. The Morgan fingerprint density at radius 1 is 1.40 bits per heavy atom. The predicted octanol–water partition coefficient (Wildman–Crippen LogP) is 4.90. The normalized spacial score (nSPS) is 36.8. The molecule has 2 unspecified atom stereocenters. The number of aliphatic imine (C=N–C) groups is 1. The topological polar surface area (TPSA) is 41.9 Å². The third-order valence-electron chi connectivity index (χ3n) is 5.53. The molecule has 5 rings (SSSR count). The minimum absolute atomic E-state index is 0.0296. The van der Waals surface area contributed by atoms with Gasteiger partial charge in [-0.05, 0) is 52.5 Å². The summed E-state index contributed by atoms with van der Waals surface area (Å²) in [5, 5.41) is 1.65. The van der Waals surface area contributed by atoms with E-state index in [4.69, 9.17) is 9.73 Å².